The van der Waals surface area contributed by atoms with Gasteiger partial charge in [-0.2, -0.15) is 4.39 Å². The van der Waals surface area contributed by atoms with E-state index in [0.29, 0.717) is 0 Å². The third-order valence-electron chi connectivity index (χ3n) is 8.96. The molecule has 3 fully saturated rings. The smallest absolute Gasteiger partial charge is 0.417 e. The lowest BCUT2D eigenvalue weighted by Crippen LogP contribution is -2.71. The number of aliphatic hydroxyl groups excluding tert-OH is 8. The molecule has 2 aromatic rings. The van der Waals surface area contributed by atoms with Crippen LogP contribution in [0.5, 0.6) is 0 Å². The fraction of sp³-hybridized carbons (Fsp3) is 0.690. The van der Waals surface area contributed by atoms with Crippen molar-refractivity contribution in [2.24, 2.45) is 11.5 Å². The zero-order valence-corrected chi connectivity index (χ0v) is 28.1. The highest BCUT2D eigenvalue weighted by molar-refractivity contribution is 6.30. The third-order valence-corrected chi connectivity index (χ3v) is 9.18. The molecule has 5 rings (SSSR count). The van der Waals surface area contributed by atoms with Gasteiger partial charge in [0.05, 0.1) is 43.5 Å². The molecule has 0 aliphatic carbocycles. The van der Waals surface area contributed by atoms with Gasteiger partial charge in [-0.15, -0.1) is 0 Å². The fourth-order valence-corrected chi connectivity index (χ4v) is 6.35. The quantitative estimate of drug-likeness (QED) is 0.108. The Kier molecular flexibility index (Phi) is 13.0. The Morgan fingerprint density at radius 1 is 0.885 bits per heavy atom. The second kappa shape index (κ2) is 16.7. The van der Waals surface area contributed by atoms with Crippen molar-refractivity contribution in [2.45, 2.75) is 98.9 Å². The van der Waals surface area contributed by atoms with Gasteiger partial charge in [-0.3, -0.25) is 9.20 Å². The largest absolute Gasteiger partial charge is 0.449 e. The Morgan fingerprint density at radius 3 is 2.12 bits per heavy atom. The van der Waals surface area contributed by atoms with Crippen molar-refractivity contribution in [1.29, 1.82) is 0 Å². The van der Waals surface area contributed by atoms with Crippen LogP contribution in [0.1, 0.15) is 17.4 Å². The first kappa shape index (κ1) is 40.4. The second-order valence-corrected chi connectivity index (χ2v) is 12.6. The first-order chi connectivity index (χ1) is 24.7. The van der Waals surface area contributed by atoms with Gasteiger partial charge in [0.15, 0.2) is 24.6 Å². The molecule has 0 bridgehead atoms. The van der Waals surface area contributed by atoms with Crippen LogP contribution in [0.15, 0.2) is 18.3 Å². The molecule has 21 nitrogen and oxygen atoms in total. The summed E-state index contributed by atoms with van der Waals surface area (Å²) in [5.74, 6) is -2.81. The van der Waals surface area contributed by atoms with Gasteiger partial charge in [0, 0.05) is 6.20 Å². The number of ether oxygens (including phenoxy) is 6. The number of nitrogens with two attached hydrogens (primary N) is 2. The highest BCUT2D eigenvalue weighted by Crippen LogP contribution is 2.35. The Balaban J connectivity index is 1.60. The molecule has 0 spiro atoms. The number of pyridine rings is 1. The minimum absolute atomic E-state index is 0.0592. The molecular weight excluding hydrogens is 729 g/mol. The number of imidazole rings is 1. The molecule has 3 aliphatic heterocycles. The number of rotatable bonds is 10. The molecule has 0 radical (unpaired) electrons. The molecule has 292 valence electrons. The van der Waals surface area contributed by atoms with Crippen molar-refractivity contribution in [1.82, 2.24) is 14.3 Å². The Hall–Kier alpha value is -2.75. The number of nitrogens with zero attached hydrogens (tertiary/aromatic N) is 3. The number of halogens is 2. The number of hydrogen-bond donors (Lipinski definition) is 10. The van der Waals surface area contributed by atoms with E-state index in [-0.39, 0.29) is 22.2 Å². The highest BCUT2D eigenvalue weighted by atomic mass is 35.5. The zero-order chi connectivity index (χ0) is 38.2. The van der Waals surface area contributed by atoms with Crippen LogP contribution in [0.2, 0.25) is 5.02 Å². The summed E-state index contributed by atoms with van der Waals surface area (Å²) >= 11 is 5.99. The van der Waals surface area contributed by atoms with E-state index in [1.165, 1.54) is 19.1 Å². The molecule has 5 heterocycles. The molecule has 3 saturated heterocycles. The summed E-state index contributed by atoms with van der Waals surface area (Å²) in [6.45, 7) is -1.66. The topological polar surface area (TPSA) is 324 Å². The predicted molar refractivity (Wildman–Crippen MR) is 166 cm³/mol. The zero-order valence-electron chi connectivity index (χ0n) is 27.3. The molecule has 0 saturated carbocycles. The third kappa shape index (κ3) is 7.61. The molecule has 0 aromatic carbocycles. The van der Waals surface area contributed by atoms with Gasteiger partial charge in [-0.05, 0) is 19.1 Å². The normalized spacial score (nSPS) is 38.3. The Bertz CT molecular complexity index is 1560. The molecule has 23 heteroatoms. The number of fused-ring (bicyclic) bond motifs is 1. The standard InChI is InChI=1S/C29H41ClFN5O16/c1-2-47-29(46)36(25(44)16-24(31)35-5-9(30)3-4-13(35)34-16)17-21(43)23(51-27-15(33)19(41)18(40)10(6-37)49-27)12(8-39)50-28(17)52-22-11(7-38)48-26(45)14(32)20(22)42/h3-5,10-12,14-15,17-23,26-28,37-43,45H,2,6-8,32-33H2,1H3/t10-,11-,12-,14-,15-,17-,18-,19-,20-,21-,22?,23?,26-,27+,28+/m1/s1. The van der Waals surface area contributed by atoms with Crippen LogP contribution in [0, 0.1) is 5.95 Å². The van der Waals surface area contributed by atoms with Crippen LogP contribution in [-0.2, 0) is 28.4 Å². The van der Waals surface area contributed by atoms with Gasteiger partial charge < -0.3 is 80.7 Å². The lowest BCUT2D eigenvalue weighted by atomic mass is 9.93. The van der Waals surface area contributed by atoms with Gasteiger partial charge in [0.2, 0.25) is 5.95 Å². The maximum Gasteiger partial charge on any atom is 0.417 e. The molecule has 12 N–H and O–H groups in total. The number of hydrogen-bond acceptors (Lipinski definition) is 19. The van der Waals surface area contributed by atoms with Crippen molar-refractivity contribution in [3.63, 3.8) is 0 Å². The van der Waals surface area contributed by atoms with Crippen LogP contribution >= 0.6 is 11.6 Å². The number of amides is 2. The summed E-state index contributed by atoms with van der Waals surface area (Å²) in [5.41, 5.74) is 10.8. The van der Waals surface area contributed by atoms with E-state index in [1.807, 2.05) is 0 Å². The van der Waals surface area contributed by atoms with Crippen LogP contribution < -0.4 is 11.5 Å². The Labute approximate surface area is 298 Å². The van der Waals surface area contributed by atoms with Crippen molar-refractivity contribution < 1.29 is 83.3 Å². The van der Waals surface area contributed by atoms with Crippen molar-refractivity contribution in [2.75, 3.05) is 26.4 Å². The van der Waals surface area contributed by atoms with Crippen LogP contribution in [0.4, 0.5) is 9.18 Å². The number of carbonyl (C=O) groups excluding carboxylic acids is 2. The lowest BCUT2D eigenvalue weighted by Gasteiger charge is -2.50. The van der Waals surface area contributed by atoms with E-state index in [9.17, 15) is 50.4 Å². The first-order valence-electron chi connectivity index (χ1n) is 16.0. The van der Waals surface area contributed by atoms with E-state index in [4.69, 9.17) is 51.5 Å². The molecular formula is C29H41ClFN5O16. The minimum Gasteiger partial charge on any atom is -0.449 e. The van der Waals surface area contributed by atoms with E-state index in [0.717, 1.165) is 10.6 Å². The van der Waals surface area contributed by atoms with Crippen LogP contribution in [0.3, 0.4) is 0 Å². The number of carbonyl (C=O) groups is 2. The predicted octanol–water partition coefficient (Wildman–Crippen LogP) is -4.89. The average Bonchev–Trinajstić information content (AvgIpc) is 3.45. The summed E-state index contributed by atoms with van der Waals surface area (Å²) < 4.78 is 50.1. The highest BCUT2D eigenvalue weighted by Gasteiger charge is 2.57. The van der Waals surface area contributed by atoms with Gasteiger partial charge in [0.25, 0.3) is 5.91 Å². The second-order valence-electron chi connectivity index (χ2n) is 12.2. The summed E-state index contributed by atoms with van der Waals surface area (Å²) in [5, 5.41) is 83.9. The van der Waals surface area contributed by atoms with E-state index >= 15 is 4.39 Å². The van der Waals surface area contributed by atoms with Crippen molar-refractivity contribution in [3.05, 3.63) is 35.0 Å². The monoisotopic (exact) mass is 769 g/mol. The summed E-state index contributed by atoms with van der Waals surface area (Å²) in [7, 11) is 0. The average molecular weight is 770 g/mol. The fourth-order valence-electron chi connectivity index (χ4n) is 6.19. The van der Waals surface area contributed by atoms with Crippen molar-refractivity contribution >= 4 is 29.2 Å². The number of aromatic nitrogens is 2. The molecule has 52 heavy (non-hydrogen) atoms. The van der Waals surface area contributed by atoms with Gasteiger partial charge in [0.1, 0.15) is 66.6 Å². The van der Waals surface area contributed by atoms with E-state index < -0.39 is 135 Å². The van der Waals surface area contributed by atoms with Gasteiger partial charge >= 0.3 is 6.09 Å². The Morgan fingerprint density at radius 2 is 1.48 bits per heavy atom. The maximum absolute atomic E-state index is 15.8. The van der Waals surface area contributed by atoms with Gasteiger partial charge in [-0.25, -0.2) is 14.7 Å². The maximum atomic E-state index is 15.8. The molecule has 3 aliphatic rings. The summed E-state index contributed by atoms with van der Waals surface area (Å²) in [6.07, 6.45) is -21.6. The van der Waals surface area contributed by atoms with Crippen molar-refractivity contribution in [3.8, 4) is 0 Å². The molecule has 2 unspecified atom stereocenters. The SMILES string of the molecule is CCOC(=O)N(C(=O)c1nc2ccc(Cl)cn2c1F)[C@H]1[C@H](OC2[C@@H](CO)O[C@@H](O)[C@H](N)[C@H]2O)O[C@H](CO)C(O[C@@H]2O[C@H](CO)[C@@H](O)[C@H](O)[C@H]2N)[C@@H]1O. The first-order valence-corrected chi connectivity index (χ1v) is 16.4. The summed E-state index contributed by atoms with van der Waals surface area (Å²) in [6, 6.07) is -2.60. The van der Waals surface area contributed by atoms with Crippen LogP contribution in [0.25, 0.3) is 5.65 Å². The number of imide groups is 1. The summed E-state index contributed by atoms with van der Waals surface area (Å²) in [4.78, 5) is 32.0. The van der Waals surface area contributed by atoms with Crippen LogP contribution in [-0.4, -0.2) is 185 Å². The van der Waals surface area contributed by atoms with E-state index in [2.05, 4.69) is 4.98 Å². The van der Waals surface area contributed by atoms with Gasteiger partial charge in [-0.1, -0.05) is 11.6 Å². The molecule has 15 atom stereocenters. The minimum atomic E-state index is -2.22. The molecule has 2 aromatic heterocycles. The number of aliphatic hydroxyl groups is 8. The van der Waals surface area contributed by atoms with E-state index in [1.54, 1.807) is 0 Å². The lowest BCUT2D eigenvalue weighted by molar-refractivity contribution is -0.354. The molecule has 2 amide bonds.